The molecule has 96 valence electrons. The van der Waals surface area contributed by atoms with E-state index in [0.717, 1.165) is 20.3 Å². The van der Waals surface area contributed by atoms with E-state index in [1.807, 2.05) is 41.9 Å². The van der Waals surface area contributed by atoms with Crippen LogP contribution in [0.25, 0.3) is 10.9 Å². The molecule has 19 heavy (non-hydrogen) atoms. The van der Waals surface area contributed by atoms with Crippen molar-refractivity contribution in [2.75, 3.05) is 0 Å². The molecule has 2 aromatic heterocycles. The molecular formula is C14H11BrN2OS. The molecule has 0 saturated carbocycles. The zero-order valence-electron chi connectivity index (χ0n) is 9.94. The molecule has 0 fully saturated rings. The van der Waals surface area contributed by atoms with Crippen molar-refractivity contribution < 1.29 is 4.79 Å². The minimum Gasteiger partial charge on any atom is -0.361 e. The number of amides is 1. The molecule has 1 aromatic carbocycles. The van der Waals surface area contributed by atoms with Crippen molar-refractivity contribution in [3.8, 4) is 0 Å². The number of aromatic nitrogens is 1. The van der Waals surface area contributed by atoms with Crippen LogP contribution >= 0.6 is 27.3 Å². The molecule has 0 unspecified atom stereocenters. The average Bonchev–Trinajstić information content (AvgIpc) is 3.03. The first-order valence-electron chi connectivity index (χ1n) is 5.81. The maximum absolute atomic E-state index is 12.2. The van der Waals surface area contributed by atoms with Crippen LogP contribution in [-0.4, -0.2) is 10.9 Å². The first kappa shape index (κ1) is 12.4. The summed E-state index contributed by atoms with van der Waals surface area (Å²) in [5.41, 5.74) is 1.68. The molecule has 0 atom stereocenters. The summed E-state index contributed by atoms with van der Waals surface area (Å²) in [4.78, 5) is 16.4. The predicted molar refractivity (Wildman–Crippen MR) is 81.5 cm³/mol. The van der Waals surface area contributed by atoms with Crippen molar-refractivity contribution in [2.45, 2.75) is 6.54 Å². The summed E-state index contributed by atoms with van der Waals surface area (Å²) in [6.45, 7) is 0.551. The van der Waals surface area contributed by atoms with Gasteiger partial charge in [0.2, 0.25) is 0 Å². The molecule has 1 amide bonds. The highest BCUT2D eigenvalue weighted by atomic mass is 79.9. The Bertz CT molecular complexity index is 732. The molecular weight excluding hydrogens is 324 g/mol. The molecule has 3 nitrogen and oxygen atoms in total. The zero-order chi connectivity index (χ0) is 13.2. The second-order valence-corrected chi connectivity index (χ2v) is 6.07. The third-order valence-corrected chi connectivity index (χ3v) is 4.58. The minimum atomic E-state index is -0.0466. The van der Waals surface area contributed by atoms with E-state index in [0.29, 0.717) is 12.1 Å². The van der Waals surface area contributed by atoms with Crippen LogP contribution < -0.4 is 5.32 Å². The topological polar surface area (TPSA) is 44.9 Å². The maximum Gasteiger partial charge on any atom is 0.252 e. The van der Waals surface area contributed by atoms with Crippen molar-refractivity contribution in [1.29, 1.82) is 0 Å². The van der Waals surface area contributed by atoms with Crippen LogP contribution in [0.1, 0.15) is 15.2 Å². The van der Waals surface area contributed by atoms with E-state index in [4.69, 9.17) is 0 Å². The predicted octanol–water partition coefficient (Wildman–Crippen LogP) is 3.92. The third kappa shape index (κ3) is 2.57. The standard InChI is InChI=1S/C14H11BrN2OS/c15-9-6-10(19-8-9)7-17-14(18)12-2-1-3-13-11(12)4-5-16-13/h1-6,8,16H,7H2,(H,17,18). The molecule has 2 N–H and O–H groups in total. The number of aromatic amines is 1. The van der Waals surface area contributed by atoms with Gasteiger partial charge in [0.25, 0.3) is 5.91 Å². The Morgan fingerprint density at radius 1 is 1.37 bits per heavy atom. The fourth-order valence-corrected chi connectivity index (χ4v) is 3.38. The average molecular weight is 335 g/mol. The molecule has 0 spiro atoms. The summed E-state index contributed by atoms with van der Waals surface area (Å²) in [6, 6.07) is 9.63. The Morgan fingerprint density at radius 3 is 3.05 bits per heavy atom. The number of hydrogen-bond donors (Lipinski definition) is 2. The van der Waals surface area contributed by atoms with Gasteiger partial charge < -0.3 is 10.3 Å². The van der Waals surface area contributed by atoms with Crippen molar-refractivity contribution >= 4 is 44.1 Å². The number of benzene rings is 1. The number of halogens is 1. The number of thiophene rings is 1. The number of carbonyl (C=O) groups excluding carboxylic acids is 1. The fraction of sp³-hybridized carbons (Fsp3) is 0.0714. The zero-order valence-corrected chi connectivity index (χ0v) is 12.3. The van der Waals surface area contributed by atoms with E-state index in [-0.39, 0.29) is 5.91 Å². The molecule has 5 heteroatoms. The van der Waals surface area contributed by atoms with Crippen LogP contribution in [0, 0.1) is 0 Å². The van der Waals surface area contributed by atoms with Gasteiger partial charge in [0.05, 0.1) is 6.54 Å². The SMILES string of the molecule is O=C(NCc1cc(Br)cs1)c1cccc2[nH]ccc12. The van der Waals surface area contributed by atoms with E-state index >= 15 is 0 Å². The van der Waals surface area contributed by atoms with Gasteiger partial charge >= 0.3 is 0 Å². The molecule has 0 radical (unpaired) electrons. The van der Waals surface area contributed by atoms with Gasteiger partial charge in [-0.3, -0.25) is 4.79 Å². The Hall–Kier alpha value is -1.59. The van der Waals surface area contributed by atoms with E-state index in [9.17, 15) is 4.79 Å². The lowest BCUT2D eigenvalue weighted by Gasteiger charge is -2.05. The molecule has 0 aliphatic carbocycles. The fourth-order valence-electron chi connectivity index (χ4n) is 1.99. The smallest absolute Gasteiger partial charge is 0.252 e. The number of hydrogen-bond acceptors (Lipinski definition) is 2. The van der Waals surface area contributed by atoms with Crippen LogP contribution in [0.3, 0.4) is 0 Å². The van der Waals surface area contributed by atoms with Gasteiger partial charge in [-0.2, -0.15) is 0 Å². The number of fused-ring (bicyclic) bond motifs is 1. The molecule has 0 bridgehead atoms. The number of H-pyrrole nitrogens is 1. The lowest BCUT2D eigenvalue weighted by molar-refractivity contribution is 0.0953. The Morgan fingerprint density at radius 2 is 2.26 bits per heavy atom. The van der Waals surface area contributed by atoms with Crippen LogP contribution in [0.15, 0.2) is 46.4 Å². The summed E-state index contributed by atoms with van der Waals surface area (Å²) >= 11 is 5.03. The van der Waals surface area contributed by atoms with E-state index in [1.54, 1.807) is 11.3 Å². The van der Waals surface area contributed by atoms with Crippen molar-refractivity contribution in [2.24, 2.45) is 0 Å². The normalized spacial score (nSPS) is 10.8. The van der Waals surface area contributed by atoms with Crippen LogP contribution in [0.5, 0.6) is 0 Å². The van der Waals surface area contributed by atoms with Gasteiger partial charge in [0.1, 0.15) is 0 Å². The maximum atomic E-state index is 12.2. The lowest BCUT2D eigenvalue weighted by atomic mass is 10.1. The second-order valence-electron chi connectivity index (χ2n) is 4.16. The number of carbonyl (C=O) groups is 1. The lowest BCUT2D eigenvalue weighted by Crippen LogP contribution is -2.22. The minimum absolute atomic E-state index is 0.0466. The first-order chi connectivity index (χ1) is 9.24. The van der Waals surface area contributed by atoms with Gasteiger partial charge in [-0.05, 0) is 40.2 Å². The molecule has 0 aliphatic rings. The summed E-state index contributed by atoms with van der Waals surface area (Å²) in [6.07, 6.45) is 1.85. The number of rotatable bonds is 3. The third-order valence-electron chi connectivity index (χ3n) is 2.88. The largest absolute Gasteiger partial charge is 0.361 e. The summed E-state index contributed by atoms with van der Waals surface area (Å²) in [7, 11) is 0. The van der Waals surface area contributed by atoms with Crippen molar-refractivity contribution in [3.05, 3.63) is 56.8 Å². The quantitative estimate of drug-likeness (QED) is 0.749. The van der Waals surface area contributed by atoms with Crippen LogP contribution in [0.2, 0.25) is 0 Å². The van der Waals surface area contributed by atoms with Crippen LogP contribution in [-0.2, 0) is 6.54 Å². The highest BCUT2D eigenvalue weighted by Gasteiger charge is 2.10. The number of nitrogens with one attached hydrogen (secondary N) is 2. The highest BCUT2D eigenvalue weighted by Crippen LogP contribution is 2.20. The summed E-state index contributed by atoms with van der Waals surface area (Å²) < 4.78 is 1.05. The molecule has 0 aliphatic heterocycles. The van der Waals surface area contributed by atoms with Gasteiger partial charge in [0, 0.05) is 37.4 Å². The van der Waals surface area contributed by atoms with Crippen LogP contribution in [0.4, 0.5) is 0 Å². The van der Waals surface area contributed by atoms with Crippen molar-refractivity contribution in [3.63, 3.8) is 0 Å². The molecule has 3 aromatic rings. The van der Waals surface area contributed by atoms with E-state index in [2.05, 4.69) is 26.2 Å². The Balaban J connectivity index is 1.78. The summed E-state index contributed by atoms with van der Waals surface area (Å²) in [5.74, 6) is -0.0466. The monoisotopic (exact) mass is 334 g/mol. The Kier molecular flexibility index (Phi) is 3.40. The van der Waals surface area contributed by atoms with Crippen molar-refractivity contribution in [1.82, 2.24) is 10.3 Å². The molecule has 2 heterocycles. The van der Waals surface area contributed by atoms with E-state index < -0.39 is 0 Å². The highest BCUT2D eigenvalue weighted by molar-refractivity contribution is 9.10. The summed E-state index contributed by atoms with van der Waals surface area (Å²) in [5, 5.41) is 5.91. The van der Waals surface area contributed by atoms with E-state index in [1.165, 1.54) is 0 Å². The Labute approximate surface area is 122 Å². The molecule has 0 saturated heterocycles. The van der Waals surface area contributed by atoms with Gasteiger partial charge in [0.15, 0.2) is 0 Å². The molecule has 3 rings (SSSR count). The van der Waals surface area contributed by atoms with Gasteiger partial charge in [-0.25, -0.2) is 0 Å². The second kappa shape index (κ2) is 5.19. The van der Waals surface area contributed by atoms with Gasteiger partial charge in [-0.15, -0.1) is 11.3 Å². The first-order valence-corrected chi connectivity index (χ1v) is 7.48. The van der Waals surface area contributed by atoms with Gasteiger partial charge in [-0.1, -0.05) is 6.07 Å².